The highest BCUT2D eigenvalue weighted by molar-refractivity contribution is 7.11. The SMILES string of the molecule is C=C(CC(C)C)c1sccc1NC(=O)c1cn(C)nc1C(F)(F)F. The van der Waals surface area contributed by atoms with Crippen LogP contribution in [0.2, 0.25) is 0 Å². The highest BCUT2D eigenvalue weighted by Gasteiger charge is 2.39. The molecule has 1 N–H and O–H groups in total. The van der Waals surface area contributed by atoms with Gasteiger partial charge in [0.15, 0.2) is 5.69 Å². The maximum absolute atomic E-state index is 13.0. The topological polar surface area (TPSA) is 46.9 Å². The normalized spacial score (nSPS) is 11.8. The van der Waals surface area contributed by atoms with Gasteiger partial charge in [-0.3, -0.25) is 9.48 Å². The van der Waals surface area contributed by atoms with E-state index in [1.54, 1.807) is 11.4 Å². The Hall–Kier alpha value is -2.09. The van der Waals surface area contributed by atoms with E-state index in [-0.39, 0.29) is 0 Å². The predicted molar refractivity (Wildman–Crippen MR) is 89.0 cm³/mol. The third-order valence-corrected chi connectivity index (χ3v) is 4.25. The average molecular weight is 357 g/mol. The monoisotopic (exact) mass is 357 g/mol. The number of nitrogens with one attached hydrogen (secondary N) is 1. The number of halogens is 3. The Labute approximate surface area is 142 Å². The first kappa shape index (κ1) is 18.3. The Bertz CT molecular complexity index is 759. The van der Waals surface area contributed by atoms with Crippen LogP contribution in [0.5, 0.6) is 0 Å². The molecule has 130 valence electrons. The van der Waals surface area contributed by atoms with E-state index in [0.29, 0.717) is 11.6 Å². The van der Waals surface area contributed by atoms with Gasteiger partial charge in [0.1, 0.15) is 0 Å². The molecule has 0 saturated heterocycles. The lowest BCUT2D eigenvalue weighted by molar-refractivity contribution is -0.141. The summed E-state index contributed by atoms with van der Waals surface area (Å²) in [5.74, 6) is -0.453. The van der Waals surface area contributed by atoms with Gasteiger partial charge in [-0.05, 0) is 29.4 Å². The molecule has 1 amide bonds. The molecule has 0 fully saturated rings. The molecule has 0 atom stereocenters. The molecule has 4 nitrogen and oxygen atoms in total. The number of hydrogen-bond acceptors (Lipinski definition) is 3. The number of aryl methyl sites for hydroxylation is 1. The zero-order valence-corrected chi connectivity index (χ0v) is 14.4. The zero-order valence-electron chi connectivity index (χ0n) is 13.6. The van der Waals surface area contributed by atoms with Crippen LogP contribution in [0.1, 0.15) is 41.2 Å². The van der Waals surface area contributed by atoms with Gasteiger partial charge in [0.05, 0.1) is 16.1 Å². The third kappa shape index (κ3) is 4.05. The van der Waals surface area contributed by atoms with E-state index in [1.165, 1.54) is 18.4 Å². The van der Waals surface area contributed by atoms with E-state index >= 15 is 0 Å². The van der Waals surface area contributed by atoms with Crippen LogP contribution in [0.4, 0.5) is 18.9 Å². The molecule has 2 aromatic rings. The summed E-state index contributed by atoms with van der Waals surface area (Å²) >= 11 is 1.39. The maximum atomic E-state index is 13.0. The fourth-order valence-electron chi connectivity index (χ4n) is 2.32. The fourth-order valence-corrected chi connectivity index (χ4v) is 3.16. The lowest BCUT2D eigenvalue weighted by atomic mass is 10.0. The van der Waals surface area contributed by atoms with Crippen molar-refractivity contribution in [1.29, 1.82) is 0 Å². The molecule has 2 aromatic heterocycles. The number of carbonyl (C=O) groups excluding carboxylic acids is 1. The molecule has 0 saturated carbocycles. The smallest absolute Gasteiger partial charge is 0.321 e. The van der Waals surface area contributed by atoms with Gasteiger partial charge in [-0.2, -0.15) is 18.3 Å². The van der Waals surface area contributed by atoms with Crippen LogP contribution in [0.15, 0.2) is 24.2 Å². The standard InChI is InChI=1S/C16H18F3N3OS/c1-9(2)7-10(3)13-12(5-6-24-13)20-15(23)11-8-22(4)21-14(11)16(17,18)19/h5-6,8-9H,3,7H2,1-2,4H3,(H,20,23). The van der Waals surface area contributed by atoms with Gasteiger partial charge in [-0.1, -0.05) is 20.4 Å². The maximum Gasteiger partial charge on any atom is 0.435 e. The Morgan fingerprint density at radius 1 is 1.46 bits per heavy atom. The van der Waals surface area contributed by atoms with Crippen LogP contribution in [-0.4, -0.2) is 15.7 Å². The molecule has 0 aromatic carbocycles. The fraction of sp³-hybridized carbons (Fsp3) is 0.375. The largest absolute Gasteiger partial charge is 0.435 e. The van der Waals surface area contributed by atoms with Crippen LogP contribution in [0.25, 0.3) is 5.57 Å². The minimum atomic E-state index is -4.69. The van der Waals surface area contributed by atoms with Gasteiger partial charge in [-0.15, -0.1) is 11.3 Å². The number of anilines is 1. The van der Waals surface area contributed by atoms with E-state index in [0.717, 1.165) is 27.7 Å². The Morgan fingerprint density at radius 3 is 2.71 bits per heavy atom. The van der Waals surface area contributed by atoms with E-state index in [1.807, 2.05) is 13.8 Å². The second kappa shape index (κ2) is 6.80. The first-order valence-corrected chi connectivity index (χ1v) is 8.15. The number of nitrogens with zero attached hydrogens (tertiary/aromatic N) is 2. The highest BCUT2D eigenvalue weighted by Crippen LogP contribution is 2.34. The van der Waals surface area contributed by atoms with Crippen LogP contribution in [-0.2, 0) is 13.2 Å². The minimum Gasteiger partial charge on any atom is -0.321 e. The number of carbonyl (C=O) groups is 1. The minimum absolute atomic E-state index is 0.387. The van der Waals surface area contributed by atoms with Gasteiger partial charge in [0.2, 0.25) is 0 Å². The third-order valence-electron chi connectivity index (χ3n) is 3.23. The lowest BCUT2D eigenvalue weighted by Gasteiger charge is -2.11. The molecule has 24 heavy (non-hydrogen) atoms. The number of amides is 1. The average Bonchev–Trinajstić information content (AvgIpc) is 3.03. The molecule has 2 heterocycles. The second-order valence-corrected chi connectivity index (χ2v) is 6.80. The molecule has 0 bridgehead atoms. The van der Waals surface area contributed by atoms with Crippen molar-refractivity contribution in [2.75, 3.05) is 5.32 Å². The molecule has 0 aliphatic rings. The van der Waals surface area contributed by atoms with Gasteiger partial charge in [0, 0.05) is 13.2 Å². The van der Waals surface area contributed by atoms with Crippen molar-refractivity contribution < 1.29 is 18.0 Å². The van der Waals surface area contributed by atoms with Gasteiger partial charge >= 0.3 is 6.18 Å². The van der Waals surface area contributed by atoms with Crippen LogP contribution >= 0.6 is 11.3 Å². The number of hydrogen-bond donors (Lipinski definition) is 1. The molecular weight excluding hydrogens is 339 g/mol. The van der Waals surface area contributed by atoms with Gasteiger partial charge < -0.3 is 5.32 Å². The summed E-state index contributed by atoms with van der Waals surface area (Å²) in [7, 11) is 1.34. The quantitative estimate of drug-likeness (QED) is 0.834. The number of allylic oxidation sites excluding steroid dienone is 1. The first-order chi connectivity index (χ1) is 11.1. The van der Waals surface area contributed by atoms with Crippen molar-refractivity contribution in [3.05, 3.63) is 40.4 Å². The van der Waals surface area contributed by atoms with Crippen molar-refractivity contribution >= 4 is 28.5 Å². The molecule has 0 aliphatic carbocycles. The Kier molecular flexibility index (Phi) is 5.17. The number of thiophene rings is 1. The van der Waals surface area contributed by atoms with Crippen LogP contribution < -0.4 is 5.32 Å². The molecule has 0 radical (unpaired) electrons. The second-order valence-electron chi connectivity index (χ2n) is 5.88. The van der Waals surface area contributed by atoms with Crippen molar-refractivity contribution in [3.63, 3.8) is 0 Å². The first-order valence-electron chi connectivity index (χ1n) is 7.27. The zero-order chi connectivity index (χ0) is 18.1. The summed E-state index contributed by atoms with van der Waals surface area (Å²) in [5.41, 5.74) is -0.387. The van der Waals surface area contributed by atoms with Crippen molar-refractivity contribution in [2.24, 2.45) is 13.0 Å². The van der Waals surface area contributed by atoms with E-state index in [2.05, 4.69) is 17.0 Å². The molecule has 8 heteroatoms. The summed E-state index contributed by atoms with van der Waals surface area (Å²) in [6, 6.07) is 1.66. The number of alkyl halides is 3. The predicted octanol–water partition coefficient (Wildman–Crippen LogP) is 4.81. The summed E-state index contributed by atoms with van der Waals surface area (Å²) in [5, 5.41) is 7.66. The molecular formula is C16H18F3N3OS. The molecule has 2 rings (SSSR count). The van der Waals surface area contributed by atoms with E-state index in [9.17, 15) is 18.0 Å². The summed E-state index contributed by atoms with van der Waals surface area (Å²) in [6.07, 6.45) is -2.89. The van der Waals surface area contributed by atoms with Crippen molar-refractivity contribution in [1.82, 2.24) is 9.78 Å². The Morgan fingerprint density at radius 2 is 2.12 bits per heavy atom. The molecule has 0 aliphatic heterocycles. The number of rotatable bonds is 5. The van der Waals surface area contributed by atoms with Crippen LogP contribution in [0.3, 0.4) is 0 Å². The van der Waals surface area contributed by atoms with E-state index < -0.39 is 23.3 Å². The summed E-state index contributed by atoms with van der Waals surface area (Å²) in [4.78, 5) is 13.1. The van der Waals surface area contributed by atoms with Gasteiger partial charge in [0.25, 0.3) is 5.91 Å². The molecule has 0 spiro atoms. The van der Waals surface area contributed by atoms with Gasteiger partial charge in [-0.25, -0.2) is 0 Å². The van der Waals surface area contributed by atoms with E-state index in [4.69, 9.17) is 0 Å². The van der Waals surface area contributed by atoms with Crippen LogP contribution in [0, 0.1) is 5.92 Å². The summed E-state index contributed by atoms with van der Waals surface area (Å²) in [6.45, 7) is 8.09. The summed E-state index contributed by atoms with van der Waals surface area (Å²) < 4.78 is 39.9. The highest BCUT2D eigenvalue weighted by atomic mass is 32.1. The lowest BCUT2D eigenvalue weighted by Crippen LogP contribution is -2.18. The molecule has 0 unspecified atom stereocenters. The Balaban J connectivity index is 2.26. The number of aromatic nitrogens is 2. The van der Waals surface area contributed by atoms with Crippen molar-refractivity contribution in [3.8, 4) is 0 Å². The van der Waals surface area contributed by atoms with Crippen molar-refractivity contribution in [2.45, 2.75) is 26.4 Å².